The quantitative estimate of drug-likeness (QED) is 0.0274. The number of aryl methyl sites for hydroxylation is 2. The van der Waals surface area contributed by atoms with E-state index in [4.69, 9.17) is 27.0 Å². The van der Waals surface area contributed by atoms with Crippen molar-refractivity contribution in [2.45, 2.75) is 159 Å². The molecule has 0 aliphatic carbocycles. The van der Waals surface area contributed by atoms with Crippen LogP contribution in [0, 0.1) is 30.1 Å². The largest absolute Gasteiger partial charge is 0.417 e. The van der Waals surface area contributed by atoms with Gasteiger partial charge in [0.15, 0.2) is 17.9 Å². The Hall–Kier alpha value is -5.30. The molecule has 15 heteroatoms. The van der Waals surface area contributed by atoms with E-state index in [1.165, 1.54) is 23.8 Å². The Bertz CT molecular complexity index is 2110. The Labute approximate surface area is 428 Å². The van der Waals surface area contributed by atoms with Crippen molar-refractivity contribution in [2.24, 2.45) is 11.8 Å². The Morgan fingerprint density at radius 2 is 1.55 bits per heavy atom. The second-order valence-corrected chi connectivity index (χ2v) is 17.3. The fourth-order valence-corrected chi connectivity index (χ4v) is 7.28. The minimum atomic E-state index is -4.45. The van der Waals surface area contributed by atoms with Gasteiger partial charge in [-0.25, -0.2) is 0 Å². The maximum Gasteiger partial charge on any atom is 0.417 e. The van der Waals surface area contributed by atoms with Crippen LogP contribution in [0.5, 0.6) is 0 Å². The first-order valence-corrected chi connectivity index (χ1v) is 25.6. The third-order valence-electron chi connectivity index (χ3n) is 11.4. The highest BCUT2D eigenvalue weighted by atomic mass is 32.1. The molecule has 71 heavy (non-hydrogen) atoms. The molecular formula is C56H81F3N4O7S. The number of nitrogens with zero attached hydrogens (tertiary/aromatic N) is 2. The van der Waals surface area contributed by atoms with Crippen LogP contribution in [0.25, 0.3) is 0 Å². The molecule has 0 aromatic heterocycles. The predicted octanol–water partition coefficient (Wildman–Crippen LogP) is 13.3. The molecule has 0 spiro atoms. The number of unbranched alkanes of at least 4 members (excludes halogenated alkanes) is 3. The van der Waals surface area contributed by atoms with Gasteiger partial charge >= 0.3 is 6.18 Å². The number of imide groups is 1. The number of halogens is 3. The fourth-order valence-electron chi connectivity index (χ4n) is 6.89. The number of benzene rings is 3. The Morgan fingerprint density at radius 3 is 2.07 bits per heavy atom. The molecule has 3 aromatic rings. The number of Topliss-reactive ketones (excluding diaryl/α,β-unsaturated/α-hetero) is 2. The van der Waals surface area contributed by atoms with Gasteiger partial charge in [0.25, 0.3) is 0 Å². The highest BCUT2D eigenvalue weighted by molar-refractivity contribution is 7.79. The summed E-state index contributed by atoms with van der Waals surface area (Å²) in [6.07, 6.45) is 5.57. The van der Waals surface area contributed by atoms with Crippen molar-refractivity contribution < 1.29 is 46.6 Å². The molecule has 1 aliphatic heterocycles. The number of ether oxygens (including phenoxy) is 2. The summed E-state index contributed by atoms with van der Waals surface area (Å²) in [4.78, 5) is 60.0. The van der Waals surface area contributed by atoms with E-state index in [0.717, 1.165) is 81.6 Å². The molecule has 2 N–H and O–H groups in total. The second-order valence-electron chi connectivity index (χ2n) is 17.1. The van der Waals surface area contributed by atoms with Crippen LogP contribution in [0.1, 0.15) is 176 Å². The van der Waals surface area contributed by atoms with Crippen LogP contribution in [0.2, 0.25) is 0 Å². The number of ketones is 2. The van der Waals surface area contributed by atoms with Crippen LogP contribution >= 0.6 is 12.2 Å². The average Bonchev–Trinajstić information content (AvgIpc) is 3.36. The van der Waals surface area contributed by atoms with E-state index in [1.807, 2.05) is 98.4 Å². The van der Waals surface area contributed by atoms with Gasteiger partial charge in [-0.2, -0.15) is 18.4 Å². The minimum absolute atomic E-state index is 0.0164. The van der Waals surface area contributed by atoms with Crippen molar-refractivity contribution in [3.8, 4) is 6.07 Å². The highest BCUT2D eigenvalue weighted by Gasteiger charge is 2.34. The predicted molar refractivity (Wildman–Crippen MR) is 284 cm³/mol. The first kappa shape index (κ1) is 65.7. The van der Waals surface area contributed by atoms with Gasteiger partial charge in [0.1, 0.15) is 0 Å². The molecule has 2 amide bonds. The Kier molecular flexibility index (Phi) is 33.9. The molecule has 11 nitrogen and oxygen atoms in total. The monoisotopic (exact) mass is 1010 g/mol. The molecule has 0 saturated carbocycles. The maximum absolute atomic E-state index is 12.6. The topological polar surface area (TPSA) is 155 Å². The number of hydrogen-bond donors (Lipinski definition) is 2. The lowest BCUT2D eigenvalue weighted by Gasteiger charge is -2.36. The zero-order valence-corrected chi connectivity index (χ0v) is 45.0. The van der Waals surface area contributed by atoms with Crippen molar-refractivity contribution in [3.05, 3.63) is 94.0 Å². The molecule has 0 bridgehead atoms. The number of carbonyl (C=O) groups excluding carboxylic acids is 5. The molecule has 2 atom stereocenters. The second kappa shape index (κ2) is 36.6. The summed E-state index contributed by atoms with van der Waals surface area (Å²) in [7, 11) is 0. The van der Waals surface area contributed by atoms with E-state index in [2.05, 4.69) is 22.8 Å². The van der Waals surface area contributed by atoms with E-state index >= 15 is 0 Å². The minimum Gasteiger partial charge on any atom is -0.384 e. The number of nitriles is 1. The van der Waals surface area contributed by atoms with E-state index in [0.29, 0.717) is 62.4 Å². The number of hydrogen-bond acceptors (Lipinski definition) is 10. The van der Waals surface area contributed by atoms with E-state index in [-0.39, 0.29) is 40.8 Å². The number of aldehydes is 1. The number of nitrogens with one attached hydrogen (secondary N) is 2. The van der Waals surface area contributed by atoms with Gasteiger partial charge in [-0.3, -0.25) is 29.3 Å². The normalized spacial score (nSPS) is 13.3. The number of thiocarbonyl (C=S) groups is 1. The van der Waals surface area contributed by atoms with Crippen molar-refractivity contribution in [2.75, 3.05) is 43.2 Å². The molecule has 0 radical (unpaired) electrons. The zero-order chi connectivity index (χ0) is 54.0. The van der Waals surface area contributed by atoms with Crippen molar-refractivity contribution >= 4 is 58.8 Å². The molecular weight excluding hydrogens is 930 g/mol. The van der Waals surface area contributed by atoms with Gasteiger partial charge in [0.2, 0.25) is 11.8 Å². The van der Waals surface area contributed by atoms with Crippen molar-refractivity contribution in [1.29, 1.82) is 5.26 Å². The lowest BCUT2D eigenvalue weighted by molar-refractivity contribution is -0.138. The van der Waals surface area contributed by atoms with Gasteiger partial charge in [-0.05, 0) is 114 Å². The summed E-state index contributed by atoms with van der Waals surface area (Å²) in [5, 5.41) is 14.0. The van der Waals surface area contributed by atoms with Crippen LogP contribution < -0.4 is 15.5 Å². The fraction of sp³-hybridized carbons (Fsp3) is 0.554. The van der Waals surface area contributed by atoms with Gasteiger partial charge < -0.3 is 19.7 Å². The standard InChI is InChI=1S/C37H54N2O5S.C9H6F3N.C6H9NO2.2C2H6/c1-6-14-35(41)37(4,5)39(28-45)31-20-18-30(19-21-31)15-9-12-24-44-26-25-43-23-11-8-10-22-38-34-17-13-16-32(33(34)27-40)36(42)29(3)7-2;1-6-2-3-7(5-13)8(4-6)9(10,11)12;1-4-2-3-5(8)7-6(4)9;2*1-2/h13,16-21,27-29,38H,6-12,14-15,22-26H2,1-5H3;2-4H,1H3;4H,2-3H2,1H3,(H,7,8,9);2*1-2H3. The summed E-state index contributed by atoms with van der Waals surface area (Å²) in [6, 6.07) is 18.9. The highest BCUT2D eigenvalue weighted by Crippen LogP contribution is 2.32. The van der Waals surface area contributed by atoms with Crippen LogP contribution in [-0.4, -0.2) is 73.7 Å². The first-order valence-electron chi connectivity index (χ1n) is 25.2. The first-order chi connectivity index (χ1) is 33.8. The summed E-state index contributed by atoms with van der Waals surface area (Å²) >= 11 is 5.25. The molecule has 394 valence electrons. The summed E-state index contributed by atoms with van der Waals surface area (Å²) in [5.74, 6) is -0.150. The molecule has 1 fully saturated rings. The zero-order valence-electron chi connectivity index (χ0n) is 44.2. The molecule has 1 saturated heterocycles. The van der Waals surface area contributed by atoms with Crippen LogP contribution in [-0.2, 0) is 36.5 Å². The number of carbonyl (C=O) groups is 5. The SMILES string of the molecule is CC.CC.CC1CCC(=O)NC1=O.CCCC(=O)C(C)(C)N(C=S)c1ccc(CCCCOCCOCCCCCNc2cccc(C(=O)C(C)CC)c2C=O)cc1.Cc1ccc(C#N)c(C(F)(F)F)c1. The van der Waals surface area contributed by atoms with Crippen LogP contribution in [0.15, 0.2) is 60.7 Å². The van der Waals surface area contributed by atoms with Gasteiger partial charge in [0.05, 0.1) is 41.4 Å². The van der Waals surface area contributed by atoms with Crippen LogP contribution in [0.3, 0.4) is 0 Å². The number of alkyl halides is 3. The number of amides is 2. The summed E-state index contributed by atoms with van der Waals surface area (Å²) < 4.78 is 48.2. The average molecular weight is 1010 g/mol. The lowest BCUT2D eigenvalue weighted by atomic mass is 9.93. The van der Waals surface area contributed by atoms with E-state index in [1.54, 1.807) is 18.5 Å². The van der Waals surface area contributed by atoms with E-state index < -0.39 is 17.3 Å². The number of piperidine rings is 1. The van der Waals surface area contributed by atoms with E-state index in [9.17, 15) is 37.1 Å². The Morgan fingerprint density at radius 1 is 0.930 bits per heavy atom. The molecule has 3 aromatic carbocycles. The summed E-state index contributed by atoms with van der Waals surface area (Å²) in [5.41, 5.74) is 4.08. The van der Waals surface area contributed by atoms with Gasteiger partial charge in [0, 0.05) is 66.9 Å². The third kappa shape index (κ3) is 24.1. The third-order valence-corrected chi connectivity index (χ3v) is 11.6. The van der Waals surface area contributed by atoms with Gasteiger partial charge in [-0.1, -0.05) is 104 Å². The molecule has 1 aliphatic rings. The molecule has 2 unspecified atom stereocenters. The van der Waals surface area contributed by atoms with Crippen molar-refractivity contribution in [3.63, 3.8) is 0 Å². The van der Waals surface area contributed by atoms with Crippen molar-refractivity contribution in [1.82, 2.24) is 5.32 Å². The van der Waals surface area contributed by atoms with Crippen LogP contribution in [0.4, 0.5) is 24.5 Å². The summed E-state index contributed by atoms with van der Waals surface area (Å²) in [6.45, 7) is 24.5. The lowest BCUT2D eigenvalue weighted by Crippen LogP contribution is -2.49. The smallest absolute Gasteiger partial charge is 0.384 e. The Balaban J connectivity index is 0.00000152. The van der Waals surface area contributed by atoms with Gasteiger partial charge in [-0.15, -0.1) is 0 Å². The number of rotatable bonds is 25. The number of anilines is 2. The molecule has 1 heterocycles. The molecule has 4 rings (SSSR count). The maximum atomic E-state index is 12.6.